The van der Waals surface area contributed by atoms with Gasteiger partial charge < -0.3 is 4.42 Å². The summed E-state index contributed by atoms with van der Waals surface area (Å²) in [5, 5.41) is 11.7. The molecule has 1 saturated heterocycles. The van der Waals surface area contributed by atoms with Crippen molar-refractivity contribution in [1.29, 1.82) is 0 Å². The van der Waals surface area contributed by atoms with Gasteiger partial charge in [0.05, 0.1) is 15.5 Å². The van der Waals surface area contributed by atoms with Crippen LogP contribution >= 0.6 is 11.8 Å². The van der Waals surface area contributed by atoms with E-state index in [2.05, 4.69) is 0 Å². The second-order valence-electron chi connectivity index (χ2n) is 7.78. The maximum Gasteiger partial charge on any atom is 0.270 e. The van der Waals surface area contributed by atoms with E-state index in [4.69, 9.17) is 9.41 Å². The zero-order chi connectivity index (χ0) is 23.5. The van der Waals surface area contributed by atoms with Gasteiger partial charge in [-0.05, 0) is 56.3 Å². The number of thioether (sulfide) groups is 1. The van der Waals surface area contributed by atoms with Crippen LogP contribution in [0.5, 0.6) is 0 Å². The van der Waals surface area contributed by atoms with Crippen molar-refractivity contribution in [2.45, 2.75) is 33.2 Å². The lowest BCUT2D eigenvalue weighted by Gasteiger charge is -2.22. The minimum atomic E-state index is -0.443. The third-order valence-corrected chi connectivity index (χ3v) is 6.35. The van der Waals surface area contributed by atoms with Gasteiger partial charge in [0.2, 0.25) is 0 Å². The van der Waals surface area contributed by atoms with Gasteiger partial charge in [0, 0.05) is 29.8 Å². The van der Waals surface area contributed by atoms with Gasteiger partial charge in [-0.15, -0.1) is 0 Å². The first-order valence-corrected chi connectivity index (χ1v) is 11.4. The molecular formula is C25H23N3O4S. The molecule has 3 aromatic rings. The molecule has 168 valence electrons. The van der Waals surface area contributed by atoms with Crippen LogP contribution in [0.3, 0.4) is 0 Å². The smallest absolute Gasteiger partial charge is 0.270 e. The van der Waals surface area contributed by atoms with E-state index in [1.165, 1.54) is 23.9 Å². The Labute approximate surface area is 196 Å². The summed E-state index contributed by atoms with van der Waals surface area (Å²) >= 11 is 1.31. The number of hydrogen-bond acceptors (Lipinski definition) is 6. The number of hydrogen-bond donors (Lipinski definition) is 0. The van der Waals surface area contributed by atoms with Crippen LogP contribution in [0.1, 0.15) is 31.6 Å². The average Bonchev–Trinajstić information content (AvgIpc) is 3.40. The highest BCUT2D eigenvalue weighted by Gasteiger charge is 2.36. The fraction of sp³-hybridized carbons (Fsp3) is 0.200. The first-order valence-electron chi connectivity index (χ1n) is 10.6. The van der Waals surface area contributed by atoms with Gasteiger partial charge in [-0.2, -0.15) is 0 Å². The highest BCUT2D eigenvalue weighted by Crippen LogP contribution is 2.37. The van der Waals surface area contributed by atoms with Crippen LogP contribution in [-0.4, -0.2) is 26.9 Å². The highest BCUT2D eigenvalue weighted by atomic mass is 32.2. The molecular weight excluding hydrogens is 438 g/mol. The summed E-state index contributed by atoms with van der Waals surface area (Å²) in [6.07, 6.45) is 2.49. The zero-order valence-electron chi connectivity index (χ0n) is 18.5. The standard InChI is InChI=1S/C25H23N3O4S/c1-4-17(3)27-24(29)23(33-25(27)26-19-10-8-16(2)9-11-19)15-21-12-13-22(32-21)18-6-5-7-20(14-18)28(30)31/h5-15,17H,4H2,1-3H3/b23-15+,26-25?/t17-/m1/s1. The Morgan fingerprint density at radius 2 is 1.94 bits per heavy atom. The molecule has 0 spiro atoms. The molecule has 8 heteroatoms. The molecule has 2 aromatic carbocycles. The minimum absolute atomic E-state index is 0.00266. The van der Waals surface area contributed by atoms with Crippen molar-refractivity contribution in [3.8, 4) is 11.3 Å². The molecule has 0 N–H and O–H groups in total. The fourth-order valence-corrected chi connectivity index (χ4v) is 4.42. The Bertz CT molecular complexity index is 1260. The summed E-state index contributed by atoms with van der Waals surface area (Å²) in [5.41, 5.74) is 2.52. The van der Waals surface area contributed by atoms with E-state index >= 15 is 0 Å². The monoisotopic (exact) mass is 461 g/mol. The maximum absolute atomic E-state index is 13.2. The van der Waals surface area contributed by atoms with Gasteiger partial charge in [-0.1, -0.05) is 36.8 Å². The van der Waals surface area contributed by atoms with E-state index in [0.29, 0.717) is 27.2 Å². The number of aryl methyl sites for hydroxylation is 1. The van der Waals surface area contributed by atoms with Crippen molar-refractivity contribution in [2.24, 2.45) is 4.99 Å². The Morgan fingerprint density at radius 1 is 1.18 bits per heavy atom. The van der Waals surface area contributed by atoms with Crippen LogP contribution in [0.4, 0.5) is 11.4 Å². The van der Waals surface area contributed by atoms with Crippen molar-refractivity contribution >= 4 is 40.3 Å². The molecule has 1 atom stereocenters. The lowest BCUT2D eigenvalue weighted by molar-refractivity contribution is -0.384. The van der Waals surface area contributed by atoms with Crippen LogP contribution in [-0.2, 0) is 4.79 Å². The van der Waals surface area contributed by atoms with Crippen LogP contribution in [0, 0.1) is 17.0 Å². The molecule has 1 aliphatic rings. The van der Waals surface area contributed by atoms with Crippen molar-refractivity contribution < 1.29 is 14.1 Å². The van der Waals surface area contributed by atoms with Gasteiger partial charge >= 0.3 is 0 Å². The summed E-state index contributed by atoms with van der Waals surface area (Å²) < 4.78 is 5.88. The van der Waals surface area contributed by atoms with Gasteiger partial charge in [-0.3, -0.25) is 19.8 Å². The Balaban J connectivity index is 1.64. The molecule has 0 bridgehead atoms. The number of amides is 1. The van der Waals surface area contributed by atoms with E-state index in [1.54, 1.807) is 35.2 Å². The quantitative estimate of drug-likeness (QED) is 0.235. The molecule has 0 radical (unpaired) electrons. The number of aliphatic imine (C=N–C) groups is 1. The zero-order valence-corrected chi connectivity index (χ0v) is 19.3. The van der Waals surface area contributed by atoms with Crippen LogP contribution < -0.4 is 0 Å². The number of carbonyl (C=O) groups excluding carboxylic acids is 1. The second-order valence-corrected chi connectivity index (χ2v) is 8.79. The lowest BCUT2D eigenvalue weighted by atomic mass is 10.1. The van der Waals surface area contributed by atoms with Gasteiger partial charge in [0.25, 0.3) is 11.6 Å². The predicted octanol–water partition coefficient (Wildman–Crippen LogP) is 6.57. The molecule has 0 aliphatic carbocycles. The van der Waals surface area contributed by atoms with E-state index in [9.17, 15) is 14.9 Å². The molecule has 33 heavy (non-hydrogen) atoms. The number of rotatable bonds is 6. The van der Waals surface area contributed by atoms with Crippen LogP contribution in [0.15, 0.2) is 75.0 Å². The first-order chi connectivity index (χ1) is 15.9. The van der Waals surface area contributed by atoms with Crippen molar-refractivity contribution in [3.05, 3.63) is 87.0 Å². The van der Waals surface area contributed by atoms with Gasteiger partial charge in [0.1, 0.15) is 11.5 Å². The predicted molar refractivity (Wildman–Crippen MR) is 131 cm³/mol. The average molecular weight is 462 g/mol. The van der Waals surface area contributed by atoms with E-state index < -0.39 is 4.92 Å². The van der Waals surface area contributed by atoms with Gasteiger partial charge in [-0.25, -0.2) is 4.99 Å². The summed E-state index contributed by atoms with van der Waals surface area (Å²) in [6, 6.07) is 17.6. The first kappa shape index (κ1) is 22.5. The number of nitro benzene ring substituents is 1. The second kappa shape index (κ2) is 9.46. The molecule has 1 aliphatic heterocycles. The van der Waals surface area contributed by atoms with E-state index in [0.717, 1.165) is 17.7 Å². The van der Waals surface area contributed by atoms with Crippen LogP contribution in [0.25, 0.3) is 17.4 Å². The lowest BCUT2D eigenvalue weighted by Crippen LogP contribution is -2.36. The van der Waals surface area contributed by atoms with Crippen LogP contribution in [0.2, 0.25) is 0 Å². The molecule has 1 aromatic heterocycles. The normalized spacial score (nSPS) is 17.2. The number of carbonyl (C=O) groups is 1. The summed E-state index contributed by atoms with van der Waals surface area (Å²) in [4.78, 5) is 30.8. The summed E-state index contributed by atoms with van der Waals surface area (Å²) in [6.45, 7) is 6.05. The molecule has 0 saturated carbocycles. The topological polar surface area (TPSA) is 89.0 Å². The number of amidine groups is 1. The van der Waals surface area contributed by atoms with Crippen molar-refractivity contribution in [3.63, 3.8) is 0 Å². The Kier molecular flexibility index (Phi) is 6.46. The fourth-order valence-electron chi connectivity index (χ4n) is 3.35. The van der Waals surface area contributed by atoms with Gasteiger partial charge in [0.15, 0.2) is 5.17 Å². The van der Waals surface area contributed by atoms with Crippen molar-refractivity contribution in [1.82, 2.24) is 4.90 Å². The van der Waals surface area contributed by atoms with E-state index in [1.807, 2.05) is 45.0 Å². The number of nitrogens with zero attached hydrogens (tertiary/aromatic N) is 3. The molecule has 1 amide bonds. The largest absolute Gasteiger partial charge is 0.457 e. The summed E-state index contributed by atoms with van der Waals surface area (Å²) in [5.74, 6) is 0.870. The Morgan fingerprint density at radius 3 is 2.64 bits per heavy atom. The maximum atomic E-state index is 13.2. The minimum Gasteiger partial charge on any atom is -0.457 e. The SMILES string of the molecule is CC[C@@H](C)N1C(=O)/C(=C\c2ccc(-c3cccc([N+](=O)[O-])c3)o2)SC1=Nc1ccc(C)cc1. The molecule has 0 unspecified atom stereocenters. The number of benzene rings is 2. The third kappa shape index (κ3) is 4.90. The highest BCUT2D eigenvalue weighted by molar-refractivity contribution is 8.18. The number of furan rings is 1. The Hall–Kier alpha value is -3.65. The molecule has 4 rings (SSSR count). The third-order valence-electron chi connectivity index (χ3n) is 5.37. The number of nitro groups is 1. The molecule has 2 heterocycles. The molecule has 1 fully saturated rings. The number of non-ortho nitro benzene ring substituents is 1. The summed E-state index contributed by atoms with van der Waals surface area (Å²) in [7, 11) is 0. The van der Waals surface area contributed by atoms with Crippen molar-refractivity contribution in [2.75, 3.05) is 0 Å². The molecule has 7 nitrogen and oxygen atoms in total. The van der Waals surface area contributed by atoms with E-state index in [-0.39, 0.29) is 17.6 Å².